The predicted molar refractivity (Wildman–Crippen MR) is 53.7 cm³/mol. The van der Waals surface area contributed by atoms with E-state index >= 15 is 0 Å². The third-order valence-electron chi connectivity index (χ3n) is 3.32. The molecular formula is C12H15FO. The minimum atomic E-state index is -0.459. The van der Waals surface area contributed by atoms with Crippen molar-refractivity contribution in [3.63, 3.8) is 0 Å². The van der Waals surface area contributed by atoms with Crippen LogP contribution in [0.25, 0.3) is 0 Å². The van der Waals surface area contributed by atoms with Gasteiger partial charge in [-0.1, -0.05) is 18.2 Å². The van der Waals surface area contributed by atoms with Crippen LogP contribution < -0.4 is 0 Å². The molecular weight excluding hydrogens is 179 g/mol. The van der Waals surface area contributed by atoms with Crippen LogP contribution in [-0.4, -0.2) is 11.2 Å². The molecule has 1 aliphatic carbocycles. The summed E-state index contributed by atoms with van der Waals surface area (Å²) >= 11 is 0. The van der Waals surface area contributed by atoms with Crippen molar-refractivity contribution in [3.05, 3.63) is 35.1 Å². The van der Waals surface area contributed by atoms with Crippen molar-refractivity contribution < 1.29 is 9.50 Å². The molecule has 0 aliphatic heterocycles. The first-order valence-electron chi connectivity index (χ1n) is 5.01. The topological polar surface area (TPSA) is 20.2 Å². The molecule has 0 saturated heterocycles. The Morgan fingerprint density at radius 1 is 1.43 bits per heavy atom. The molecule has 0 spiro atoms. The van der Waals surface area contributed by atoms with E-state index in [2.05, 4.69) is 0 Å². The molecule has 2 rings (SSSR count). The van der Waals surface area contributed by atoms with Gasteiger partial charge in [-0.15, -0.1) is 0 Å². The van der Waals surface area contributed by atoms with Crippen molar-refractivity contribution in [2.24, 2.45) is 0 Å². The van der Waals surface area contributed by atoms with Crippen molar-refractivity contribution in [1.29, 1.82) is 0 Å². The average Bonchev–Trinajstić information content (AvgIpc) is 2.90. The summed E-state index contributed by atoms with van der Waals surface area (Å²) < 4.78 is 13.8. The Labute approximate surface area is 83.6 Å². The number of hydrogen-bond donors (Lipinski definition) is 1. The molecule has 0 radical (unpaired) electrons. The Hall–Kier alpha value is -0.890. The Kier molecular flexibility index (Phi) is 2.11. The monoisotopic (exact) mass is 194 g/mol. The third kappa shape index (κ3) is 1.25. The SMILES string of the molecule is Cc1cccc(C2(C(C)O)CC2)c1F. The first kappa shape index (κ1) is 9.66. The molecule has 1 aromatic rings. The molecule has 1 unspecified atom stereocenters. The molecule has 1 nitrogen and oxygen atoms in total. The maximum absolute atomic E-state index is 13.8. The third-order valence-corrected chi connectivity index (χ3v) is 3.32. The van der Waals surface area contributed by atoms with Crippen molar-refractivity contribution in [3.8, 4) is 0 Å². The maximum atomic E-state index is 13.8. The highest BCUT2D eigenvalue weighted by molar-refractivity contribution is 5.37. The van der Waals surface area contributed by atoms with Gasteiger partial charge in [0.05, 0.1) is 6.10 Å². The van der Waals surface area contributed by atoms with Crippen molar-refractivity contribution >= 4 is 0 Å². The van der Waals surface area contributed by atoms with Gasteiger partial charge in [0.2, 0.25) is 0 Å². The molecule has 1 aromatic carbocycles. The zero-order chi connectivity index (χ0) is 10.3. The van der Waals surface area contributed by atoms with Crippen LogP contribution in [0, 0.1) is 12.7 Å². The molecule has 0 heterocycles. The van der Waals surface area contributed by atoms with Crippen LogP contribution in [0.15, 0.2) is 18.2 Å². The van der Waals surface area contributed by atoms with Crippen LogP contribution in [0.5, 0.6) is 0 Å². The number of halogens is 1. The number of rotatable bonds is 2. The summed E-state index contributed by atoms with van der Waals surface area (Å²) in [5.41, 5.74) is 1.05. The molecule has 0 bridgehead atoms. The minimum absolute atomic E-state index is 0.147. The van der Waals surface area contributed by atoms with E-state index in [-0.39, 0.29) is 11.2 Å². The highest BCUT2D eigenvalue weighted by Gasteiger charge is 2.49. The van der Waals surface area contributed by atoms with Gasteiger partial charge >= 0.3 is 0 Å². The van der Waals surface area contributed by atoms with Crippen LogP contribution in [0.4, 0.5) is 4.39 Å². The quantitative estimate of drug-likeness (QED) is 0.767. The van der Waals surface area contributed by atoms with E-state index in [4.69, 9.17) is 0 Å². The van der Waals surface area contributed by atoms with E-state index in [1.807, 2.05) is 6.07 Å². The molecule has 1 fully saturated rings. The van der Waals surface area contributed by atoms with Gasteiger partial charge in [0, 0.05) is 5.41 Å². The Morgan fingerprint density at radius 2 is 2.07 bits per heavy atom. The van der Waals surface area contributed by atoms with Gasteiger partial charge in [0.25, 0.3) is 0 Å². The molecule has 0 aromatic heterocycles. The van der Waals surface area contributed by atoms with Crippen LogP contribution >= 0.6 is 0 Å². The molecule has 1 aliphatic rings. The highest BCUT2D eigenvalue weighted by atomic mass is 19.1. The van der Waals surface area contributed by atoms with Crippen LogP contribution in [0.1, 0.15) is 30.9 Å². The van der Waals surface area contributed by atoms with Gasteiger partial charge in [-0.05, 0) is 37.8 Å². The first-order valence-corrected chi connectivity index (χ1v) is 5.01. The largest absolute Gasteiger partial charge is 0.392 e. The molecule has 76 valence electrons. The fourth-order valence-corrected chi connectivity index (χ4v) is 2.08. The van der Waals surface area contributed by atoms with E-state index in [1.54, 1.807) is 26.0 Å². The summed E-state index contributed by atoms with van der Waals surface area (Å²) in [6.45, 7) is 3.51. The van der Waals surface area contributed by atoms with Crippen molar-refractivity contribution in [1.82, 2.24) is 0 Å². The normalized spacial score (nSPS) is 20.6. The lowest BCUT2D eigenvalue weighted by atomic mass is 9.89. The average molecular weight is 194 g/mol. The smallest absolute Gasteiger partial charge is 0.129 e. The summed E-state index contributed by atoms with van der Waals surface area (Å²) in [5.74, 6) is -0.147. The summed E-state index contributed by atoms with van der Waals surface area (Å²) in [6.07, 6.45) is 1.33. The van der Waals surface area contributed by atoms with E-state index in [0.29, 0.717) is 11.1 Å². The van der Waals surface area contributed by atoms with Gasteiger partial charge < -0.3 is 5.11 Å². The lowest BCUT2D eigenvalue weighted by molar-refractivity contribution is 0.148. The first-order chi connectivity index (χ1) is 6.58. The highest BCUT2D eigenvalue weighted by Crippen LogP contribution is 2.51. The van der Waals surface area contributed by atoms with E-state index in [0.717, 1.165) is 12.8 Å². The second-order valence-corrected chi connectivity index (χ2v) is 4.27. The summed E-state index contributed by atoms with van der Waals surface area (Å²) in [6, 6.07) is 5.41. The van der Waals surface area contributed by atoms with E-state index in [9.17, 15) is 9.50 Å². The van der Waals surface area contributed by atoms with E-state index in [1.165, 1.54) is 0 Å². The number of benzene rings is 1. The van der Waals surface area contributed by atoms with Gasteiger partial charge in [-0.2, -0.15) is 0 Å². The minimum Gasteiger partial charge on any atom is -0.392 e. The molecule has 2 heteroatoms. The van der Waals surface area contributed by atoms with E-state index < -0.39 is 6.10 Å². The van der Waals surface area contributed by atoms with Crippen molar-refractivity contribution in [2.75, 3.05) is 0 Å². The summed E-state index contributed by atoms with van der Waals surface area (Å²) in [7, 11) is 0. The second-order valence-electron chi connectivity index (χ2n) is 4.27. The lowest BCUT2D eigenvalue weighted by Gasteiger charge is -2.20. The van der Waals surface area contributed by atoms with Gasteiger partial charge in [0.1, 0.15) is 5.82 Å². The van der Waals surface area contributed by atoms with Crippen LogP contribution in [0.3, 0.4) is 0 Å². The lowest BCUT2D eigenvalue weighted by Crippen LogP contribution is -2.24. The van der Waals surface area contributed by atoms with Crippen LogP contribution in [0.2, 0.25) is 0 Å². The van der Waals surface area contributed by atoms with Gasteiger partial charge in [-0.3, -0.25) is 0 Å². The number of hydrogen-bond acceptors (Lipinski definition) is 1. The summed E-state index contributed by atoms with van der Waals surface area (Å²) in [5, 5.41) is 9.64. The number of aliphatic hydroxyl groups is 1. The molecule has 0 amide bonds. The number of aliphatic hydroxyl groups excluding tert-OH is 1. The summed E-state index contributed by atoms with van der Waals surface area (Å²) in [4.78, 5) is 0. The molecule has 14 heavy (non-hydrogen) atoms. The standard InChI is InChI=1S/C12H15FO/c1-8-4-3-5-10(11(8)13)12(6-7-12)9(2)14/h3-5,9,14H,6-7H2,1-2H3. The Balaban J connectivity index is 2.47. The zero-order valence-corrected chi connectivity index (χ0v) is 8.55. The van der Waals surface area contributed by atoms with Gasteiger partial charge in [-0.25, -0.2) is 4.39 Å². The molecule has 1 N–H and O–H groups in total. The van der Waals surface area contributed by atoms with Crippen molar-refractivity contribution in [2.45, 2.75) is 38.2 Å². The molecule has 1 saturated carbocycles. The Bertz CT molecular complexity index is 353. The fourth-order valence-electron chi connectivity index (χ4n) is 2.08. The zero-order valence-electron chi connectivity index (χ0n) is 8.55. The Morgan fingerprint density at radius 3 is 2.57 bits per heavy atom. The fraction of sp³-hybridized carbons (Fsp3) is 0.500. The maximum Gasteiger partial charge on any atom is 0.129 e. The second kappa shape index (κ2) is 3.06. The van der Waals surface area contributed by atoms with Gasteiger partial charge in [0.15, 0.2) is 0 Å². The predicted octanol–water partition coefficient (Wildman–Crippen LogP) is 2.55. The number of aryl methyl sites for hydroxylation is 1. The van der Waals surface area contributed by atoms with Crippen LogP contribution in [-0.2, 0) is 5.41 Å². The molecule has 1 atom stereocenters.